The van der Waals surface area contributed by atoms with E-state index in [0.717, 1.165) is 20.8 Å². The number of carbonyl (C=O) groups is 2. The lowest BCUT2D eigenvalue weighted by Gasteiger charge is -2.30. The zero-order valence-corrected chi connectivity index (χ0v) is 36.9. The van der Waals surface area contributed by atoms with Gasteiger partial charge < -0.3 is 34.9 Å². The lowest BCUT2D eigenvalue weighted by molar-refractivity contribution is -0.244. The van der Waals surface area contributed by atoms with Gasteiger partial charge in [-0.3, -0.25) is 14.3 Å². The van der Waals surface area contributed by atoms with Crippen LogP contribution >= 0.6 is 8.25 Å². The number of nitrogens with one attached hydrogen (secondary N) is 1. The Morgan fingerprint density at radius 2 is 1.14 bits per heavy atom. The first-order valence-electron chi connectivity index (χ1n) is 20.2. The van der Waals surface area contributed by atoms with Crippen molar-refractivity contribution in [2.24, 2.45) is 5.73 Å². The molecule has 2 aliphatic heterocycles. The van der Waals surface area contributed by atoms with Crippen molar-refractivity contribution in [3.05, 3.63) is 129 Å². The molecular formula is C40H42F13N10O6P. The van der Waals surface area contributed by atoms with E-state index in [1.165, 1.54) is 9.80 Å². The number of hydrogen-bond acceptors (Lipinski definition) is 12. The van der Waals surface area contributed by atoms with Gasteiger partial charge in [0.2, 0.25) is 23.5 Å². The van der Waals surface area contributed by atoms with Crippen LogP contribution in [0.5, 0.6) is 0 Å². The van der Waals surface area contributed by atoms with Crippen LogP contribution < -0.4 is 15.9 Å². The third-order valence-corrected chi connectivity index (χ3v) is 10.7. The molecule has 0 spiro atoms. The molecule has 30 heteroatoms. The number of nitrogens with two attached hydrogens (primary N) is 1. The highest BCUT2D eigenvalue weighted by molar-refractivity contribution is 7.30. The minimum absolute atomic E-state index is 0. The highest BCUT2D eigenvalue weighted by Gasteiger charge is 2.41. The summed E-state index contributed by atoms with van der Waals surface area (Å²) < 4.78 is 173. The van der Waals surface area contributed by atoms with Gasteiger partial charge >= 0.3 is 20.6 Å². The number of amides is 2. The predicted molar refractivity (Wildman–Crippen MR) is 216 cm³/mol. The Hall–Kier alpha value is -6.13. The summed E-state index contributed by atoms with van der Waals surface area (Å²) in [5, 5.41) is 23.7. The summed E-state index contributed by atoms with van der Waals surface area (Å²) in [7, 11) is -3.04. The van der Waals surface area contributed by atoms with Gasteiger partial charge in [0.25, 0.3) is 0 Å². The van der Waals surface area contributed by atoms with Crippen molar-refractivity contribution in [1.82, 2.24) is 44.6 Å². The number of aromatic nitrogens is 6. The minimum atomic E-state index is -4.66. The zero-order chi connectivity index (χ0) is 51.0. The third kappa shape index (κ3) is 14.9. The van der Waals surface area contributed by atoms with Crippen LogP contribution in [0, 0.1) is 34.9 Å². The van der Waals surface area contributed by atoms with Crippen LogP contribution in [0.3, 0.4) is 0 Å². The van der Waals surface area contributed by atoms with Crippen molar-refractivity contribution < 1.29 is 87.8 Å². The molecule has 7 rings (SSSR count). The predicted octanol–water partition coefficient (Wildman–Crippen LogP) is 6.32. The molecule has 0 radical (unpaired) electrons. The van der Waals surface area contributed by atoms with Gasteiger partial charge in [-0.25, -0.2) is 31.6 Å². The number of benzene rings is 3. The highest BCUT2D eigenvalue weighted by Crippen LogP contribution is 2.31. The SMILES string of the molecule is C[C@@H](N[C@@H](CC(=O)N1CCn2c(nnc2C(F)(F)F)C1)Cc1cc(F)c(F)cc1F)c1ccccc1.F.N[C@@H](CC(=O)N1CCn2c(nnc2C(F)(F)F)C1)Cc1cc(F)c(F)cc1F.O=[P+]([O-])OO.[HH]. The van der Waals surface area contributed by atoms with Gasteiger partial charge in [-0.05, 0) is 53.2 Å². The lowest BCUT2D eigenvalue weighted by atomic mass is 9.99. The second-order valence-electron chi connectivity index (χ2n) is 15.4. The van der Waals surface area contributed by atoms with Crippen molar-refractivity contribution in [2.45, 2.75) is 89.3 Å². The largest absolute Gasteiger partial charge is 0.565 e. The molecule has 0 saturated carbocycles. The number of carbonyl (C=O) groups excluding carboxylic acids is 2. The molecule has 2 aliphatic rings. The molecule has 1 unspecified atom stereocenters. The third-order valence-electron chi connectivity index (χ3n) is 10.6. The Kier molecular flexibility index (Phi) is 19.5. The molecule has 16 nitrogen and oxygen atoms in total. The summed E-state index contributed by atoms with van der Waals surface area (Å²) in [5.74, 6) is -10.1. The van der Waals surface area contributed by atoms with Gasteiger partial charge in [0.05, 0.1) is 13.1 Å². The molecule has 2 amide bonds. The average Bonchev–Trinajstić information content (AvgIpc) is 3.93. The molecule has 2 aromatic heterocycles. The van der Waals surface area contributed by atoms with Crippen molar-refractivity contribution in [1.29, 1.82) is 0 Å². The van der Waals surface area contributed by atoms with Crippen molar-refractivity contribution in [3.8, 4) is 0 Å². The molecule has 5 aromatic rings. The summed E-state index contributed by atoms with van der Waals surface area (Å²) >= 11 is 0. The molecule has 4 heterocycles. The van der Waals surface area contributed by atoms with Crippen LogP contribution in [-0.2, 0) is 70.2 Å². The van der Waals surface area contributed by atoms with Gasteiger partial charge in [-0.15, -0.1) is 20.4 Å². The number of alkyl halides is 6. The van der Waals surface area contributed by atoms with Gasteiger partial charge in [0, 0.05) is 75.4 Å². The molecule has 0 bridgehead atoms. The average molecular weight is 1040 g/mol. The van der Waals surface area contributed by atoms with E-state index in [4.69, 9.17) is 20.4 Å². The van der Waals surface area contributed by atoms with Gasteiger partial charge in [-0.2, -0.15) is 26.3 Å². The number of fused-ring (bicyclic) bond motifs is 2. The molecular weight excluding hydrogens is 994 g/mol. The lowest BCUT2D eigenvalue weighted by Crippen LogP contribution is -2.43. The summed E-state index contributed by atoms with van der Waals surface area (Å²) in [6.07, 6.45) is -10.0. The van der Waals surface area contributed by atoms with E-state index in [0.29, 0.717) is 18.2 Å². The Morgan fingerprint density at radius 1 is 0.729 bits per heavy atom. The Morgan fingerprint density at radius 3 is 1.57 bits per heavy atom. The van der Waals surface area contributed by atoms with E-state index in [2.05, 4.69) is 30.4 Å². The van der Waals surface area contributed by atoms with Crippen molar-refractivity contribution in [3.63, 3.8) is 0 Å². The molecule has 4 N–H and O–H groups in total. The standard InChI is InChI=1S/C24H23F6N5O.C16H15F6N5O.FH.HO4P.H2/c1-14(15-5-3-2-4-6-15)31-17(9-16-10-19(26)20(27)12-18(16)25)11-22(36)34-7-8-35-21(13-34)32-33-23(35)24(28,29)30;17-10-6-12(19)11(18)4-8(10)3-9(23)5-14(28)26-1-2-27-13(7-26)24-25-15(27)16(20,21)22;;1-4-5(2)3;/h2-6,10,12,14,17,31H,7-9,11,13H2,1H3;4,6,9H,1-3,5,7,23H2;1H;1H;1H/t14-,17-;9-;;;/m11.../s1. The van der Waals surface area contributed by atoms with E-state index in [-0.39, 0.29) is 99.9 Å². The number of hydrogen-bond donors (Lipinski definition) is 3. The van der Waals surface area contributed by atoms with Gasteiger partial charge in [0.15, 0.2) is 34.9 Å². The van der Waals surface area contributed by atoms with Gasteiger partial charge in [0.1, 0.15) is 11.6 Å². The first kappa shape index (κ1) is 56.5. The number of rotatable bonds is 12. The maximum Gasteiger partial charge on any atom is 0.521 e. The fourth-order valence-electron chi connectivity index (χ4n) is 7.30. The highest BCUT2D eigenvalue weighted by atomic mass is 31.1. The maximum absolute atomic E-state index is 14.4. The Bertz CT molecular complexity index is 2610. The topological polar surface area (TPSA) is 210 Å². The van der Waals surface area contributed by atoms with E-state index < -0.39 is 91.1 Å². The molecule has 3 aromatic carbocycles. The second kappa shape index (κ2) is 24.1. The fourth-order valence-corrected chi connectivity index (χ4v) is 7.30. The van der Waals surface area contributed by atoms with E-state index in [1.807, 2.05) is 37.3 Å². The second-order valence-corrected chi connectivity index (χ2v) is 16.0. The molecule has 0 aliphatic carbocycles. The van der Waals surface area contributed by atoms with Crippen LogP contribution in [0.15, 0.2) is 54.6 Å². The monoisotopic (exact) mass is 1040 g/mol. The molecule has 384 valence electrons. The summed E-state index contributed by atoms with van der Waals surface area (Å²) in [5.41, 5.74) is 6.43. The van der Waals surface area contributed by atoms with Crippen LogP contribution in [0.2, 0.25) is 0 Å². The molecule has 0 fully saturated rings. The zero-order valence-electron chi connectivity index (χ0n) is 36.0. The van der Waals surface area contributed by atoms with Crippen molar-refractivity contribution in [2.75, 3.05) is 13.1 Å². The fraction of sp³-hybridized carbons (Fsp3) is 0.400. The quantitative estimate of drug-likeness (QED) is 0.0413. The number of halogens is 13. The number of nitrogens with zero attached hydrogens (tertiary/aromatic N) is 8. The minimum Gasteiger partial charge on any atom is -0.565 e. The summed E-state index contributed by atoms with van der Waals surface area (Å²) in [4.78, 5) is 37.0. The van der Waals surface area contributed by atoms with Crippen LogP contribution in [-0.4, -0.2) is 81.6 Å². The molecule has 70 heavy (non-hydrogen) atoms. The van der Waals surface area contributed by atoms with Crippen molar-refractivity contribution >= 4 is 20.1 Å². The molecule has 4 atom stereocenters. The van der Waals surface area contributed by atoms with Crippen LogP contribution in [0.25, 0.3) is 0 Å². The Labute approximate surface area is 389 Å². The smallest absolute Gasteiger partial charge is 0.521 e. The summed E-state index contributed by atoms with van der Waals surface area (Å²) in [6.45, 7) is 1.26. The maximum atomic E-state index is 14.4. The van der Waals surface area contributed by atoms with E-state index in [9.17, 15) is 62.3 Å². The first-order chi connectivity index (χ1) is 32.4. The van der Waals surface area contributed by atoms with Crippen LogP contribution in [0.1, 0.15) is 67.2 Å². The normalized spacial score (nSPS) is 14.9. The summed E-state index contributed by atoms with van der Waals surface area (Å²) in [6, 6.07) is 9.70. The Balaban J connectivity index is 0.000000342. The van der Waals surface area contributed by atoms with Gasteiger partial charge in [-0.1, -0.05) is 30.3 Å². The molecule has 0 saturated heterocycles. The first-order valence-corrected chi connectivity index (χ1v) is 21.3. The van der Waals surface area contributed by atoms with E-state index in [1.54, 1.807) is 0 Å². The van der Waals surface area contributed by atoms with Crippen LogP contribution in [0.4, 0.5) is 57.4 Å². The van der Waals surface area contributed by atoms with E-state index >= 15 is 0 Å².